The molecular weight excluding hydrogens is 311 g/mol. The van der Waals surface area contributed by atoms with Crippen molar-refractivity contribution in [2.24, 2.45) is 0 Å². The van der Waals surface area contributed by atoms with Gasteiger partial charge in [0.2, 0.25) is 0 Å². The summed E-state index contributed by atoms with van der Waals surface area (Å²) < 4.78 is 59.3. The Morgan fingerprint density at radius 3 is 2.33 bits per heavy atom. The highest BCUT2D eigenvalue weighted by molar-refractivity contribution is 8.13. The Kier molecular flexibility index (Phi) is 4.20. The van der Waals surface area contributed by atoms with Crippen molar-refractivity contribution in [2.45, 2.75) is 22.2 Å². The monoisotopic (exact) mass is 315 g/mol. The van der Waals surface area contributed by atoms with Crippen LogP contribution in [0.3, 0.4) is 0 Å². The van der Waals surface area contributed by atoms with Gasteiger partial charge in [-0.05, 0) is 36.4 Å². The third kappa shape index (κ3) is 3.54. The van der Waals surface area contributed by atoms with Gasteiger partial charge in [-0.2, -0.15) is 18.4 Å². The molecule has 18 heavy (non-hydrogen) atoms. The molecule has 0 aliphatic rings. The molecule has 0 spiro atoms. The van der Waals surface area contributed by atoms with Gasteiger partial charge in [-0.1, -0.05) is 0 Å². The number of nitriles is 1. The van der Waals surface area contributed by atoms with Gasteiger partial charge in [0.05, 0.1) is 10.5 Å². The van der Waals surface area contributed by atoms with Crippen LogP contribution in [0.2, 0.25) is 0 Å². The molecule has 98 valence electrons. The molecule has 0 aliphatic heterocycles. The van der Waals surface area contributed by atoms with E-state index in [0.29, 0.717) is 0 Å². The molecule has 0 saturated carbocycles. The second kappa shape index (κ2) is 4.99. The molecule has 0 aliphatic carbocycles. The molecule has 9 heteroatoms. The lowest BCUT2D eigenvalue weighted by Gasteiger charge is -2.12. The van der Waals surface area contributed by atoms with Gasteiger partial charge in [-0.25, -0.2) is 8.42 Å². The second-order valence-corrected chi connectivity index (χ2v) is 6.77. The Morgan fingerprint density at radius 2 is 1.94 bits per heavy atom. The Hall–Kier alpha value is -0.910. The summed E-state index contributed by atoms with van der Waals surface area (Å²) in [6, 6.07) is 3.59. The summed E-state index contributed by atoms with van der Waals surface area (Å²) in [7, 11) is 0.947. The van der Waals surface area contributed by atoms with Crippen LogP contribution >= 0.6 is 22.4 Å². The van der Waals surface area contributed by atoms with Crippen LogP contribution in [-0.2, 0) is 9.05 Å². The number of benzene rings is 1. The second-order valence-electron chi connectivity index (χ2n) is 3.16. The highest BCUT2D eigenvalue weighted by Crippen LogP contribution is 2.42. The van der Waals surface area contributed by atoms with E-state index in [-0.39, 0.29) is 11.1 Å². The fraction of sp³-hybridized carbons (Fsp3) is 0.222. The predicted molar refractivity (Wildman–Crippen MR) is 60.8 cm³/mol. The van der Waals surface area contributed by atoms with Gasteiger partial charge in [-0.15, -0.1) is 0 Å². The number of halogens is 4. The number of hydrogen-bond acceptors (Lipinski definition) is 4. The van der Waals surface area contributed by atoms with E-state index in [2.05, 4.69) is 0 Å². The molecule has 0 N–H and O–H groups in total. The Balaban J connectivity index is 3.53. The van der Waals surface area contributed by atoms with Crippen LogP contribution in [0.15, 0.2) is 21.9 Å². The summed E-state index contributed by atoms with van der Waals surface area (Å²) in [6.45, 7) is 1.17. The highest BCUT2D eigenvalue weighted by Gasteiger charge is 2.32. The van der Waals surface area contributed by atoms with Crippen LogP contribution in [0.4, 0.5) is 13.2 Å². The SMILES string of the molecule is Cc1c(S(=O)(=O)Cl)ccc(C#N)c1SC(F)(F)F. The van der Waals surface area contributed by atoms with Crippen LogP contribution < -0.4 is 0 Å². The molecule has 0 aromatic heterocycles. The highest BCUT2D eigenvalue weighted by atomic mass is 35.7. The van der Waals surface area contributed by atoms with E-state index in [1.807, 2.05) is 0 Å². The maximum atomic E-state index is 12.3. The number of hydrogen-bond donors (Lipinski definition) is 0. The van der Waals surface area contributed by atoms with Crippen molar-refractivity contribution in [3.8, 4) is 6.07 Å². The van der Waals surface area contributed by atoms with E-state index in [4.69, 9.17) is 15.9 Å². The van der Waals surface area contributed by atoms with Gasteiger partial charge < -0.3 is 0 Å². The maximum absolute atomic E-state index is 12.3. The van der Waals surface area contributed by atoms with Gasteiger partial charge >= 0.3 is 5.51 Å². The average molecular weight is 316 g/mol. The first kappa shape index (κ1) is 15.1. The van der Waals surface area contributed by atoms with Crippen molar-refractivity contribution >= 4 is 31.5 Å². The van der Waals surface area contributed by atoms with E-state index in [1.165, 1.54) is 6.92 Å². The molecular formula is C9H5ClF3NO2S2. The summed E-state index contributed by atoms with van der Waals surface area (Å²) in [5.74, 6) is 0. The van der Waals surface area contributed by atoms with E-state index in [1.54, 1.807) is 6.07 Å². The van der Waals surface area contributed by atoms with Crippen LogP contribution in [0, 0.1) is 18.3 Å². The van der Waals surface area contributed by atoms with Gasteiger partial charge in [0.25, 0.3) is 9.05 Å². The Morgan fingerprint density at radius 1 is 1.39 bits per heavy atom. The zero-order valence-electron chi connectivity index (χ0n) is 8.75. The molecule has 0 bridgehead atoms. The molecule has 0 unspecified atom stereocenters. The maximum Gasteiger partial charge on any atom is 0.446 e. The van der Waals surface area contributed by atoms with E-state index in [9.17, 15) is 21.6 Å². The molecule has 0 atom stereocenters. The quantitative estimate of drug-likeness (QED) is 0.620. The van der Waals surface area contributed by atoms with Crippen LogP contribution in [0.5, 0.6) is 0 Å². The predicted octanol–water partition coefficient (Wildman–Crippen LogP) is 3.41. The van der Waals surface area contributed by atoms with Gasteiger partial charge in [0.15, 0.2) is 0 Å². The Labute approximate surface area is 110 Å². The minimum absolute atomic E-state index is 0.189. The first-order chi connectivity index (χ1) is 8.06. The van der Waals surface area contributed by atoms with Gasteiger partial charge in [0, 0.05) is 15.6 Å². The number of rotatable bonds is 2. The minimum Gasteiger partial charge on any atom is -0.207 e. The van der Waals surface area contributed by atoms with Crippen molar-refractivity contribution in [2.75, 3.05) is 0 Å². The van der Waals surface area contributed by atoms with Crippen molar-refractivity contribution < 1.29 is 21.6 Å². The molecule has 3 nitrogen and oxygen atoms in total. The lowest BCUT2D eigenvalue weighted by atomic mass is 10.1. The fourth-order valence-corrected chi connectivity index (χ4v) is 3.26. The first-order valence-electron chi connectivity index (χ1n) is 4.30. The average Bonchev–Trinajstić information content (AvgIpc) is 2.17. The standard InChI is InChI=1S/C9H5ClF3NO2S2/c1-5-7(18(10,15)16)3-2-6(4-14)8(5)17-9(11,12)13/h2-3H,1H3. The van der Waals surface area contributed by atoms with Crippen LogP contribution in [0.1, 0.15) is 11.1 Å². The normalized spacial score (nSPS) is 12.2. The number of nitrogens with zero attached hydrogens (tertiary/aromatic N) is 1. The molecule has 0 fully saturated rings. The minimum atomic E-state index is -4.62. The van der Waals surface area contributed by atoms with E-state index >= 15 is 0 Å². The van der Waals surface area contributed by atoms with Gasteiger partial charge in [-0.3, -0.25) is 0 Å². The summed E-state index contributed by atoms with van der Waals surface area (Å²) in [6.07, 6.45) is 0. The molecule has 0 radical (unpaired) electrons. The van der Waals surface area contributed by atoms with Crippen LogP contribution in [0.25, 0.3) is 0 Å². The zero-order chi connectivity index (χ0) is 14.1. The molecule has 0 heterocycles. The molecule has 1 aromatic rings. The summed E-state index contributed by atoms with van der Waals surface area (Å²) >= 11 is -0.537. The molecule has 1 rings (SSSR count). The van der Waals surface area contributed by atoms with Gasteiger partial charge in [0.1, 0.15) is 6.07 Å². The molecule has 0 amide bonds. The van der Waals surface area contributed by atoms with E-state index in [0.717, 1.165) is 12.1 Å². The topological polar surface area (TPSA) is 57.9 Å². The molecule has 0 saturated heterocycles. The van der Waals surface area contributed by atoms with Crippen LogP contribution in [-0.4, -0.2) is 13.9 Å². The lowest BCUT2D eigenvalue weighted by Crippen LogP contribution is -2.04. The lowest BCUT2D eigenvalue weighted by molar-refractivity contribution is -0.0328. The zero-order valence-corrected chi connectivity index (χ0v) is 11.1. The summed E-state index contributed by atoms with van der Waals surface area (Å²) in [5.41, 5.74) is -5.06. The Bertz CT molecular complexity index is 620. The van der Waals surface area contributed by atoms with Crippen molar-refractivity contribution in [3.63, 3.8) is 0 Å². The smallest absolute Gasteiger partial charge is 0.207 e. The van der Waals surface area contributed by atoms with E-state index < -0.39 is 36.1 Å². The third-order valence-corrected chi connectivity index (χ3v) is 4.39. The molecule has 1 aromatic carbocycles. The largest absolute Gasteiger partial charge is 0.446 e. The number of thioether (sulfide) groups is 1. The fourth-order valence-electron chi connectivity index (χ4n) is 1.27. The number of alkyl halides is 3. The summed E-state index contributed by atoms with van der Waals surface area (Å²) in [5, 5.41) is 8.72. The first-order valence-corrected chi connectivity index (χ1v) is 7.43. The van der Waals surface area contributed by atoms with Crippen molar-refractivity contribution in [3.05, 3.63) is 23.3 Å². The van der Waals surface area contributed by atoms with Crippen molar-refractivity contribution in [1.82, 2.24) is 0 Å². The third-order valence-electron chi connectivity index (χ3n) is 1.96. The van der Waals surface area contributed by atoms with Crippen molar-refractivity contribution in [1.29, 1.82) is 5.26 Å². The summed E-state index contributed by atoms with van der Waals surface area (Å²) in [4.78, 5) is -0.887.